The van der Waals surface area contributed by atoms with E-state index in [2.05, 4.69) is 28.2 Å². The molecule has 1 atom stereocenters. The Morgan fingerprint density at radius 2 is 1.91 bits per heavy atom. The van der Waals surface area contributed by atoms with E-state index in [1.54, 1.807) is 25.4 Å². The molecule has 2 aromatic heterocycles. The fraction of sp³-hybridized carbons (Fsp3) is 0.276. The van der Waals surface area contributed by atoms with Crippen molar-refractivity contribution in [2.24, 2.45) is 5.92 Å². The Labute approximate surface area is 205 Å². The fourth-order valence-electron chi connectivity index (χ4n) is 4.81. The van der Waals surface area contributed by atoms with Gasteiger partial charge in [0.05, 0.1) is 18.3 Å². The van der Waals surface area contributed by atoms with Crippen molar-refractivity contribution in [2.75, 3.05) is 20.2 Å². The van der Waals surface area contributed by atoms with Crippen LogP contribution in [0.5, 0.6) is 11.5 Å². The van der Waals surface area contributed by atoms with E-state index in [1.807, 2.05) is 47.5 Å². The highest BCUT2D eigenvalue weighted by Gasteiger charge is 2.26. The zero-order chi connectivity index (χ0) is 24.0. The number of aromatic nitrogens is 2. The third-order valence-corrected chi connectivity index (χ3v) is 6.56. The van der Waals surface area contributed by atoms with Gasteiger partial charge >= 0.3 is 0 Å². The topological polar surface area (TPSA) is 64.5 Å². The van der Waals surface area contributed by atoms with Crippen molar-refractivity contribution in [3.63, 3.8) is 0 Å². The Bertz CT molecular complexity index is 1300. The Kier molecular flexibility index (Phi) is 6.89. The summed E-state index contributed by atoms with van der Waals surface area (Å²) < 4.78 is 11.4. The summed E-state index contributed by atoms with van der Waals surface area (Å²) >= 11 is 0. The lowest BCUT2D eigenvalue weighted by Crippen LogP contribution is -2.40. The minimum Gasteiger partial charge on any atom is -0.493 e. The van der Waals surface area contributed by atoms with Gasteiger partial charge in [-0.3, -0.25) is 14.8 Å². The molecule has 2 aromatic carbocycles. The van der Waals surface area contributed by atoms with E-state index in [4.69, 9.17) is 9.47 Å². The first-order chi connectivity index (χ1) is 17.2. The van der Waals surface area contributed by atoms with Crippen molar-refractivity contribution in [1.82, 2.24) is 14.9 Å². The summed E-state index contributed by atoms with van der Waals surface area (Å²) in [5.74, 6) is 1.58. The van der Waals surface area contributed by atoms with Crippen LogP contribution in [-0.2, 0) is 13.0 Å². The molecule has 5 rings (SSSR count). The van der Waals surface area contributed by atoms with Crippen molar-refractivity contribution in [2.45, 2.75) is 25.9 Å². The number of carbonyl (C=O) groups is 1. The second kappa shape index (κ2) is 10.6. The van der Waals surface area contributed by atoms with E-state index in [1.165, 1.54) is 10.9 Å². The lowest BCUT2D eigenvalue weighted by atomic mass is 9.89. The molecule has 0 spiro atoms. The smallest absolute Gasteiger partial charge is 0.254 e. The number of carbonyl (C=O) groups excluding carboxylic acids is 1. The van der Waals surface area contributed by atoms with Crippen molar-refractivity contribution in [3.8, 4) is 11.5 Å². The molecule has 6 nitrogen and oxygen atoms in total. The number of rotatable bonds is 7. The predicted octanol–water partition coefficient (Wildman–Crippen LogP) is 5.31. The quantitative estimate of drug-likeness (QED) is 0.368. The molecule has 178 valence electrons. The summed E-state index contributed by atoms with van der Waals surface area (Å²) in [5.41, 5.74) is 3.74. The molecular weight excluding hydrogens is 438 g/mol. The van der Waals surface area contributed by atoms with E-state index in [-0.39, 0.29) is 5.91 Å². The van der Waals surface area contributed by atoms with Gasteiger partial charge < -0.3 is 14.4 Å². The Morgan fingerprint density at radius 1 is 1.00 bits per heavy atom. The highest BCUT2D eigenvalue weighted by atomic mass is 16.5. The van der Waals surface area contributed by atoms with E-state index in [0.717, 1.165) is 43.6 Å². The van der Waals surface area contributed by atoms with Crippen molar-refractivity contribution >= 4 is 16.8 Å². The first kappa shape index (κ1) is 22.8. The van der Waals surface area contributed by atoms with Crippen LogP contribution in [-0.4, -0.2) is 41.0 Å². The van der Waals surface area contributed by atoms with Crippen LogP contribution in [0.15, 0.2) is 79.1 Å². The number of hydrogen-bond donors (Lipinski definition) is 0. The Hall–Kier alpha value is -3.93. The van der Waals surface area contributed by atoms with Crippen LogP contribution in [0, 0.1) is 5.92 Å². The van der Waals surface area contributed by atoms with Gasteiger partial charge in [0.1, 0.15) is 6.61 Å². The standard InChI is InChI=1S/C29H29N3O3/c1-34-27-13-12-23(18-28(27)35-20-24-9-2-3-14-30-24)29(33)32-16-6-7-21(19-32)17-22-8-4-11-26-25(22)10-5-15-31-26/h2-5,8-15,18,21H,6-7,16-17,19-20H2,1H3/t21-/m0/s1. The first-order valence-electron chi connectivity index (χ1n) is 12.0. The molecular formula is C29H29N3O3. The maximum Gasteiger partial charge on any atom is 0.254 e. The van der Waals surface area contributed by atoms with Gasteiger partial charge in [-0.1, -0.05) is 24.3 Å². The van der Waals surface area contributed by atoms with E-state index in [0.29, 0.717) is 29.6 Å². The largest absolute Gasteiger partial charge is 0.493 e. The number of benzene rings is 2. The number of likely N-dealkylation sites (tertiary alicyclic amines) is 1. The van der Waals surface area contributed by atoms with Gasteiger partial charge in [-0.2, -0.15) is 0 Å². The van der Waals surface area contributed by atoms with Crippen LogP contribution < -0.4 is 9.47 Å². The van der Waals surface area contributed by atoms with E-state index >= 15 is 0 Å². The van der Waals surface area contributed by atoms with Gasteiger partial charge in [-0.25, -0.2) is 0 Å². The molecule has 1 saturated heterocycles. The summed E-state index contributed by atoms with van der Waals surface area (Å²) in [6, 6.07) is 21.5. The highest BCUT2D eigenvalue weighted by molar-refractivity contribution is 5.95. The highest BCUT2D eigenvalue weighted by Crippen LogP contribution is 2.31. The van der Waals surface area contributed by atoms with E-state index < -0.39 is 0 Å². The molecule has 0 N–H and O–H groups in total. The average Bonchev–Trinajstić information content (AvgIpc) is 2.92. The Balaban J connectivity index is 1.29. The third-order valence-electron chi connectivity index (χ3n) is 6.56. The number of nitrogens with zero attached hydrogens (tertiary/aromatic N) is 3. The molecule has 0 unspecified atom stereocenters. The zero-order valence-corrected chi connectivity index (χ0v) is 19.9. The monoisotopic (exact) mass is 467 g/mol. The summed E-state index contributed by atoms with van der Waals surface area (Å²) in [7, 11) is 1.60. The molecule has 4 aromatic rings. The lowest BCUT2D eigenvalue weighted by Gasteiger charge is -2.33. The van der Waals surface area contributed by atoms with Crippen molar-refractivity contribution < 1.29 is 14.3 Å². The maximum atomic E-state index is 13.4. The molecule has 0 bridgehead atoms. The molecule has 1 fully saturated rings. The van der Waals surface area contributed by atoms with Crippen molar-refractivity contribution in [3.05, 3.63) is 95.9 Å². The second-order valence-corrected chi connectivity index (χ2v) is 8.93. The third kappa shape index (κ3) is 5.27. The summed E-state index contributed by atoms with van der Waals surface area (Å²) in [6.07, 6.45) is 6.61. The maximum absolute atomic E-state index is 13.4. The Morgan fingerprint density at radius 3 is 2.77 bits per heavy atom. The van der Waals surface area contributed by atoms with Crippen LogP contribution in [0.3, 0.4) is 0 Å². The first-order valence-corrected chi connectivity index (χ1v) is 12.0. The van der Waals surface area contributed by atoms with Crippen LogP contribution in [0.4, 0.5) is 0 Å². The minimum absolute atomic E-state index is 0.0274. The van der Waals surface area contributed by atoms with Gasteiger partial charge in [0.2, 0.25) is 0 Å². The van der Waals surface area contributed by atoms with Gasteiger partial charge in [0.15, 0.2) is 11.5 Å². The molecule has 1 amide bonds. The van der Waals surface area contributed by atoms with Crippen LogP contribution in [0.2, 0.25) is 0 Å². The molecule has 0 saturated carbocycles. The zero-order valence-electron chi connectivity index (χ0n) is 19.9. The normalized spacial score (nSPS) is 15.7. The molecule has 3 heterocycles. The van der Waals surface area contributed by atoms with Crippen LogP contribution in [0.1, 0.15) is 34.5 Å². The van der Waals surface area contributed by atoms with E-state index in [9.17, 15) is 4.79 Å². The van der Waals surface area contributed by atoms with Crippen molar-refractivity contribution in [1.29, 1.82) is 0 Å². The number of ether oxygens (including phenoxy) is 2. The molecule has 1 aliphatic rings. The summed E-state index contributed by atoms with van der Waals surface area (Å²) in [6.45, 7) is 1.81. The van der Waals surface area contributed by atoms with Crippen LogP contribution >= 0.6 is 0 Å². The number of piperidine rings is 1. The predicted molar refractivity (Wildman–Crippen MR) is 136 cm³/mol. The average molecular weight is 468 g/mol. The summed E-state index contributed by atoms with van der Waals surface area (Å²) in [5, 5.41) is 1.20. The number of methoxy groups -OCH3 is 1. The molecule has 0 radical (unpaired) electrons. The van der Waals surface area contributed by atoms with Crippen LogP contribution in [0.25, 0.3) is 10.9 Å². The second-order valence-electron chi connectivity index (χ2n) is 8.93. The molecule has 35 heavy (non-hydrogen) atoms. The summed E-state index contributed by atoms with van der Waals surface area (Å²) in [4.78, 5) is 24.2. The number of amides is 1. The lowest BCUT2D eigenvalue weighted by molar-refractivity contribution is 0.0673. The van der Waals surface area contributed by atoms with Gasteiger partial charge in [0.25, 0.3) is 5.91 Å². The molecule has 1 aliphatic heterocycles. The minimum atomic E-state index is 0.0274. The van der Waals surface area contributed by atoms with Gasteiger partial charge in [-0.05, 0) is 73.2 Å². The van der Waals surface area contributed by atoms with Gasteiger partial charge in [0, 0.05) is 36.4 Å². The number of fused-ring (bicyclic) bond motifs is 1. The SMILES string of the molecule is COc1ccc(C(=O)N2CCC[C@@H](Cc3cccc4ncccc34)C2)cc1OCc1ccccn1. The molecule has 6 heteroatoms. The van der Waals surface area contributed by atoms with Gasteiger partial charge in [-0.15, -0.1) is 0 Å². The number of hydrogen-bond acceptors (Lipinski definition) is 5. The fourth-order valence-corrected chi connectivity index (χ4v) is 4.81. The number of pyridine rings is 2. The molecule has 0 aliphatic carbocycles.